The van der Waals surface area contributed by atoms with Crippen molar-refractivity contribution in [3.05, 3.63) is 93.2 Å². The molecule has 2 unspecified atom stereocenters. The molecule has 0 saturated heterocycles. The summed E-state index contributed by atoms with van der Waals surface area (Å²) in [6, 6.07) is 12.8. The molecule has 0 bridgehead atoms. The fourth-order valence-electron chi connectivity index (χ4n) is 3.55. The largest absolute Gasteiger partial charge is 1.00 e. The third-order valence-corrected chi connectivity index (χ3v) is 7.95. The SMILES string of the molecule is CCC1=CC2C=CC=C2S1.CCc1ccc(C2=Cc3ccccc3[CH]2[Zr+2])o1.[Cl-].[Cl-]. The second-order valence-electron chi connectivity index (χ2n) is 6.85. The molecular weight excluding hydrogens is 498 g/mol. The minimum atomic E-state index is 0. The molecule has 149 valence electrons. The molecule has 0 spiro atoms. The summed E-state index contributed by atoms with van der Waals surface area (Å²) >= 11 is 3.46. The molecule has 5 heteroatoms. The number of thioether (sulfide) groups is 1. The maximum atomic E-state index is 5.86. The number of hydrogen-bond acceptors (Lipinski definition) is 2. The van der Waals surface area contributed by atoms with Crippen LogP contribution in [0.25, 0.3) is 11.6 Å². The second-order valence-corrected chi connectivity index (χ2v) is 9.47. The van der Waals surface area contributed by atoms with Crippen LogP contribution in [-0.2, 0) is 31.1 Å². The third kappa shape index (κ3) is 5.31. The zero-order valence-electron chi connectivity index (χ0n) is 16.5. The molecule has 1 aliphatic heterocycles. The van der Waals surface area contributed by atoms with Crippen LogP contribution in [0.15, 0.2) is 74.9 Å². The molecule has 1 aromatic heterocycles. The van der Waals surface area contributed by atoms with E-state index in [0.717, 1.165) is 17.9 Å². The van der Waals surface area contributed by atoms with E-state index in [1.54, 1.807) is 0 Å². The summed E-state index contributed by atoms with van der Waals surface area (Å²) in [5.41, 5.74) is 4.12. The van der Waals surface area contributed by atoms with E-state index in [4.69, 9.17) is 4.42 Å². The van der Waals surface area contributed by atoms with Crippen LogP contribution >= 0.6 is 11.8 Å². The topological polar surface area (TPSA) is 13.1 Å². The predicted octanol–water partition coefficient (Wildman–Crippen LogP) is 1.09. The van der Waals surface area contributed by atoms with E-state index in [1.807, 2.05) is 11.8 Å². The van der Waals surface area contributed by atoms with Crippen molar-refractivity contribution in [2.45, 2.75) is 30.3 Å². The summed E-state index contributed by atoms with van der Waals surface area (Å²) in [5, 5.41) is 0. The molecular formula is C24H23Cl2OSZr. The van der Waals surface area contributed by atoms with Gasteiger partial charge in [0, 0.05) is 10.8 Å². The van der Waals surface area contributed by atoms with Crippen LogP contribution in [0.1, 0.15) is 46.5 Å². The Balaban J connectivity index is 0.000000216. The van der Waals surface area contributed by atoms with Gasteiger partial charge in [0.15, 0.2) is 0 Å². The first kappa shape index (κ1) is 24.5. The van der Waals surface area contributed by atoms with Crippen molar-refractivity contribution in [1.82, 2.24) is 0 Å². The number of aryl methyl sites for hydroxylation is 1. The van der Waals surface area contributed by atoms with Crippen molar-refractivity contribution < 1.29 is 54.0 Å². The van der Waals surface area contributed by atoms with Gasteiger partial charge in [-0.3, -0.25) is 0 Å². The summed E-state index contributed by atoms with van der Waals surface area (Å²) in [6.45, 7) is 4.33. The Kier molecular flexibility index (Phi) is 9.35. The van der Waals surface area contributed by atoms with E-state index in [1.165, 1.54) is 57.7 Å². The van der Waals surface area contributed by atoms with E-state index in [-0.39, 0.29) is 24.8 Å². The fraction of sp³-hybridized carbons (Fsp3) is 0.250. The van der Waals surface area contributed by atoms with E-state index >= 15 is 0 Å². The molecule has 0 amide bonds. The molecule has 2 atom stereocenters. The Morgan fingerprint density at radius 3 is 2.48 bits per heavy atom. The number of rotatable bonds is 3. The van der Waals surface area contributed by atoms with Gasteiger partial charge in [0.1, 0.15) is 0 Å². The summed E-state index contributed by atoms with van der Waals surface area (Å²) in [7, 11) is 0. The fourth-order valence-corrected chi connectivity index (χ4v) is 5.84. The smallest absolute Gasteiger partial charge is 1.00 e. The van der Waals surface area contributed by atoms with Crippen LogP contribution in [0.5, 0.6) is 0 Å². The zero-order chi connectivity index (χ0) is 18.8. The Labute approximate surface area is 205 Å². The van der Waals surface area contributed by atoms with Crippen molar-refractivity contribution in [2.75, 3.05) is 0 Å². The molecule has 3 aliphatic rings. The molecule has 2 heterocycles. The Hall–Kier alpha value is -0.727. The van der Waals surface area contributed by atoms with Gasteiger partial charge in [-0.25, -0.2) is 0 Å². The first-order chi connectivity index (χ1) is 13.2. The van der Waals surface area contributed by atoms with Crippen LogP contribution in [0, 0.1) is 5.92 Å². The Morgan fingerprint density at radius 2 is 1.83 bits per heavy atom. The van der Waals surface area contributed by atoms with E-state index in [2.05, 4.69) is 80.6 Å². The summed E-state index contributed by atoms with van der Waals surface area (Å²) < 4.78 is 6.39. The maximum absolute atomic E-state index is 5.86. The molecule has 5 rings (SSSR count). The van der Waals surface area contributed by atoms with Crippen molar-refractivity contribution in [2.24, 2.45) is 5.92 Å². The van der Waals surface area contributed by atoms with Gasteiger partial charge in [-0.2, -0.15) is 0 Å². The standard InChI is InChI=1S/C15H13O.C9H10S.2ClH.Zr/c1-2-14-7-8-15(16-14)13-9-11-5-3-4-6-12(11)10-13;1-2-8-6-7-4-3-5-9(7)10-8;;;/h3-10H,2H2,1H3;3-7H,2H2,1H3;2*1H;/q;;;;+2/p-2. The summed E-state index contributed by atoms with van der Waals surface area (Å²) in [5.74, 6) is 2.75. The monoisotopic (exact) mass is 519 g/mol. The minimum absolute atomic E-state index is 0. The van der Waals surface area contributed by atoms with Gasteiger partial charge in [0.25, 0.3) is 0 Å². The Morgan fingerprint density at radius 1 is 1.03 bits per heavy atom. The first-order valence-electron chi connectivity index (χ1n) is 9.57. The van der Waals surface area contributed by atoms with Crippen LogP contribution in [0.4, 0.5) is 0 Å². The van der Waals surface area contributed by atoms with Crippen molar-refractivity contribution in [1.29, 1.82) is 0 Å². The summed E-state index contributed by atoms with van der Waals surface area (Å²) in [6.07, 6.45) is 13.4. The van der Waals surface area contributed by atoms with Gasteiger partial charge in [-0.1, -0.05) is 43.0 Å². The molecule has 0 fully saturated rings. The third-order valence-electron chi connectivity index (χ3n) is 5.09. The van der Waals surface area contributed by atoms with Crippen molar-refractivity contribution in [3.8, 4) is 0 Å². The molecule has 29 heavy (non-hydrogen) atoms. The van der Waals surface area contributed by atoms with E-state index in [9.17, 15) is 0 Å². The average Bonchev–Trinajstić information content (AvgIpc) is 3.45. The molecule has 0 radical (unpaired) electrons. The van der Waals surface area contributed by atoms with Gasteiger partial charge in [0.05, 0.1) is 0 Å². The minimum Gasteiger partial charge on any atom is -1.00 e. The van der Waals surface area contributed by atoms with Crippen LogP contribution < -0.4 is 24.8 Å². The van der Waals surface area contributed by atoms with E-state index in [0.29, 0.717) is 9.54 Å². The Bertz CT molecular complexity index is 971. The van der Waals surface area contributed by atoms with Crippen LogP contribution in [0.3, 0.4) is 0 Å². The summed E-state index contributed by atoms with van der Waals surface area (Å²) in [4.78, 5) is 3.04. The zero-order valence-corrected chi connectivity index (χ0v) is 21.3. The molecule has 0 saturated carbocycles. The first-order valence-corrected chi connectivity index (χ1v) is 11.8. The van der Waals surface area contributed by atoms with Crippen LogP contribution in [-0.4, -0.2) is 0 Å². The second kappa shape index (κ2) is 11.1. The van der Waals surface area contributed by atoms with Gasteiger partial charge < -0.3 is 24.8 Å². The number of fused-ring (bicyclic) bond motifs is 2. The van der Waals surface area contributed by atoms with Crippen LogP contribution in [0.2, 0.25) is 0 Å². The van der Waals surface area contributed by atoms with Gasteiger partial charge in [-0.15, -0.1) is 0 Å². The number of allylic oxidation sites excluding steroid dienone is 7. The quantitative estimate of drug-likeness (QED) is 0.600. The van der Waals surface area contributed by atoms with E-state index < -0.39 is 0 Å². The van der Waals surface area contributed by atoms with Gasteiger partial charge in [-0.05, 0) is 11.3 Å². The number of benzene rings is 1. The predicted molar refractivity (Wildman–Crippen MR) is 112 cm³/mol. The van der Waals surface area contributed by atoms with Crippen molar-refractivity contribution in [3.63, 3.8) is 0 Å². The molecule has 1 aromatic carbocycles. The molecule has 2 aliphatic carbocycles. The molecule has 0 N–H and O–H groups in total. The number of hydrogen-bond donors (Lipinski definition) is 0. The van der Waals surface area contributed by atoms with Gasteiger partial charge >= 0.3 is 117 Å². The van der Waals surface area contributed by atoms with Gasteiger partial charge in [0.2, 0.25) is 0 Å². The molecule has 1 nitrogen and oxygen atoms in total. The normalized spacial score (nSPS) is 20.3. The maximum Gasteiger partial charge on any atom is -1.00 e. The molecule has 2 aromatic rings. The average molecular weight is 522 g/mol. The van der Waals surface area contributed by atoms with Crippen molar-refractivity contribution >= 4 is 23.4 Å². The number of halogens is 2. The number of furan rings is 1.